The third kappa shape index (κ3) is 2.91. The van der Waals surface area contributed by atoms with Crippen molar-refractivity contribution in [3.63, 3.8) is 0 Å². The van der Waals surface area contributed by atoms with Crippen LogP contribution in [0.3, 0.4) is 0 Å². The fourth-order valence-electron chi connectivity index (χ4n) is 1.01. The molecule has 0 aliphatic carbocycles. The number of halogens is 1. The number of hydrogen-bond acceptors (Lipinski definition) is 4. The molecule has 86 valence electrons. The normalized spacial score (nSPS) is 11.9. The Morgan fingerprint density at radius 2 is 2.25 bits per heavy atom. The summed E-state index contributed by atoms with van der Waals surface area (Å²) in [5.74, 6) is -0.509. The van der Waals surface area contributed by atoms with E-state index in [1.54, 1.807) is 0 Å². The van der Waals surface area contributed by atoms with E-state index >= 15 is 0 Å². The Kier molecular flexibility index (Phi) is 3.81. The van der Waals surface area contributed by atoms with Gasteiger partial charge in [0.05, 0.1) is 11.0 Å². The average molecular weight is 244 g/mol. The molecule has 1 unspecified atom stereocenters. The van der Waals surface area contributed by atoms with E-state index in [0.717, 1.165) is 0 Å². The van der Waals surface area contributed by atoms with Crippen molar-refractivity contribution in [2.75, 3.05) is 5.32 Å². The van der Waals surface area contributed by atoms with E-state index in [-0.39, 0.29) is 11.4 Å². The molecule has 0 aliphatic heterocycles. The Hall–Kier alpha value is -1.66. The zero-order valence-electron chi connectivity index (χ0n) is 8.44. The van der Waals surface area contributed by atoms with Gasteiger partial charge in [0.2, 0.25) is 5.91 Å². The first kappa shape index (κ1) is 12.4. The molecule has 0 bridgehead atoms. The third-order valence-electron chi connectivity index (χ3n) is 1.83. The second-order valence-electron chi connectivity index (χ2n) is 3.20. The van der Waals surface area contributed by atoms with Gasteiger partial charge in [-0.15, -0.1) is 0 Å². The lowest BCUT2D eigenvalue weighted by atomic mass is 10.2. The number of nitrogens with one attached hydrogen (secondary N) is 1. The molecule has 1 rings (SSSR count). The summed E-state index contributed by atoms with van der Waals surface area (Å²) in [7, 11) is 0. The highest BCUT2D eigenvalue weighted by atomic mass is 35.5. The van der Waals surface area contributed by atoms with E-state index in [0.29, 0.717) is 5.02 Å². The summed E-state index contributed by atoms with van der Waals surface area (Å²) < 4.78 is 0. The van der Waals surface area contributed by atoms with Crippen LogP contribution in [-0.4, -0.2) is 16.9 Å². The Morgan fingerprint density at radius 3 is 2.75 bits per heavy atom. The van der Waals surface area contributed by atoms with Crippen LogP contribution in [0, 0.1) is 10.1 Å². The van der Waals surface area contributed by atoms with Gasteiger partial charge in [0.25, 0.3) is 5.69 Å². The van der Waals surface area contributed by atoms with E-state index in [1.165, 1.54) is 25.1 Å². The largest absolute Gasteiger partial charge is 0.320 e. The van der Waals surface area contributed by atoms with Gasteiger partial charge in [0.1, 0.15) is 5.69 Å². The molecule has 0 saturated carbocycles. The molecule has 0 fully saturated rings. The van der Waals surface area contributed by atoms with Gasteiger partial charge in [-0.2, -0.15) is 0 Å². The molecule has 0 radical (unpaired) electrons. The van der Waals surface area contributed by atoms with Crippen molar-refractivity contribution < 1.29 is 9.72 Å². The van der Waals surface area contributed by atoms with E-state index in [2.05, 4.69) is 5.32 Å². The standard InChI is InChI=1S/C9H10ClN3O3/c1-5(11)9(14)12-7-4-6(10)2-3-8(7)13(15)16/h2-5H,11H2,1H3,(H,12,14). The second-order valence-corrected chi connectivity index (χ2v) is 3.63. The van der Waals surface area contributed by atoms with Crippen molar-refractivity contribution in [3.8, 4) is 0 Å². The number of carbonyl (C=O) groups is 1. The van der Waals surface area contributed by atoms with Gasteiger partial charge < -0.3 is 11.1 Å². The van der Waals surface area contributed by atoms with E-state index in [4.69, 9.17) is 17.3 Å². The van der Waals surface area contributed by atoms with Crippen molar-refractivity contribution in [1.29, 1.82) is 0 Å². The molecular weight excluding hydrogens is 234 g/mol. The molecule has 0 spiro atoms. The van der Waals surface area contributed by atoms with Crippen molar-refractivity contribution in [2.24, 2.45) is 5.73 Å². The number of nitro groups is 1. The minimum Gasteiger partial charge on any atom is -0.320 e. The van der Waals surface area contributed by atoms with Crippen LogP contribution in [-0.2, 0) is 4.79 Å². The van der Waals surface area contributed by atoms with Crippen LogP contribution in [0.5, 0.6) is 0 Å². The maximum Gasteiger partial charge on any atom is 0.292 e. The predicted octanol–water partition coefficient (Wildman–Crippen LogP) is 1.53. The van der Waals surface area contributed by atoms with Crippen LogP contribution in [0.25, 0.3) is 0 Å². The number of benzene rings is 1. The van der Waals surface area contributed by atoms with Crippen molar-refractivity contribution in [3.05, 3.63) is 33.3 Å². The van der Waals surface area contributed by atoms with Gasteiger partial charge in [-0.1, -0.05) is 11.6 Å². The van der Waals surface area contributed by atoms with Crippen LogP contribution < -0.4 is 11.1 Å². The van der Waals surface area contributed by atoms with Crippen molar-refractivity contribution in [1.82, 2.24) is 0 Å². The number of rotatable bonds is 3. The number of hydrogen-bond donors (Lipinski definition) is 2. The summed E-state index contributed by atoms with van der Waals surface area (Å²) >= 11 is 5.68. The number of nitrogens with two attached hydrogens (primary N) is 1. The van der Waals surface area contributed by atoms with Gasteiger partial charge in [0, 0.05) is 11.1 Å². The second kappa shape index (κ2) is 4.91. The molecule has 1 atom stereocenters. The topological polar surface area (TPSA) is 98.3 Å². The van der Waals surface area contributed by atoms with Gasteiger partial charge in [-0.3, -0.25) is 14.9 Å². The van der Waals surface area contributed by atoms with Crippen molar-refractivity contribution >= 4 is 28.9 Å². The van der Waals surface area contributed by atoms with Gasteiger partial charge in [-0.25, -0.2) is 0 Å². The fraction of sp³-hybridized carbons (Fsp3) is 0.222. The molecule has 0 aliphatic rings. The number of nitro benzene ring substituents is 1. The number of nitrogens with zero attached hydrogens (tertiary/aromatic N) is 1. The Morgan fingerprint density at radius 1 is 1.62 bits per heavy atom. The van der Waals surface area contributed by atoms with E-state index in [9.17, 15) is 14.9 Å². The van der Waals surface area contributed by atoms with Crippen LogP contribution in [0.15, 0.2) is 18.2 Å². The molecule has 16 heavy (non-hydrogen) atoms. The molecule has 0 aromatic heterocycles. The smallest absolute Gasteiger partial charge is 0.292 e. The lowest BCUT2D eigenvalue weighted by Crippen LogP contribution is -2.32. The zero-order chi connectivity index (χ0) is 12.3. The predicted molar refractivity (Wildman–Crippen MR) is 60.4 cm³/mol. The summed E-state index contributed by atoms with van der Waals surface area (Å²) in [5.41, 5.74) is 5.15. The molecule has 0 saturated heterocycles. The SMILES string of the molecule is CC(N)C(=O)Nc1cc(Cl)ccc1[N+](=O)[O-]. The number of anilines is 1. The Labute approximate surface area is 96.5 Å². The van der Waals surface area contributed by atoms with Crippen molar-refractivity contribution in [2.45, 2.75) is 13.0 Å². The maximum atomic E-state index is 11.3. The molecule has 3 N–H and O–H groups in total. The van der Waals surface area contributed by atoms with E-state index < -0.39 is 16.9 Å². The zero-order valence-corrected chi connectivity index (χ0v) is 9.19. The molecule has 1 aromatic rings. The summed E-state index contributed by atoms with van der Waals surface area (Å²) in [6.07, 6.45) is 0. The van der Waals surface area contributed by atoms with Crippen LogP contribution in [0.2, 0.25) is 5.02 Å². The first-order valence-electron chi connectivity index (χ1n) is 4.42. The number of amides is 1. The van der Waals surface area contributed by atoms with E-state index in [1.807, 2.05) is 0 Å². The van der Waals surface area contributed by atoms with Crippen LogP contribution >= 0.6 is 11.6 Å². The third-order valence-corrected chi connectivity index (χ3v) is 2.06. The molecular formula is C9H10ClN3O3. The first-order chi connectivity index (χ1) is 7.41. The highest BCUT2D eigenvalue weighted by molar-refractivity contribution is 6.31. The summed E-state index contributed by atoms with van der Waals surface area (Å²) in [6.45, 7) is 1.48. The molecule has 7 heteroatoms. The molecule has 6 nitrogen and oxygen atoms in total. The minimum atomic E-state index is -0.751. The summed E-state index contributed by atoms with van der Waals surface area (Å²) in [4.78, 5) is 21.4. The monoisotopic (exact) mass is 243 g/mol. The van der Waals surface area contributed by atoms with Gasteiger partial charge >= 0.3 is 0 Å². The highest BCUT2D eigenvalue weighted by Crippen LogP contribution is 2.27. The quantitative estimate of drug-likeness (QED) is 0.621. The van der Waals surface area contributed by atoms with Crippen LogP contribution in [0.1, 0.15) is 6.92 Å². The number of carbonyl (C=O) groups excluding carboxylic acids is 1. The Balaban J connectivity index is 3.06. The average Bonchev–Trinajstić information content (AvgIpc) is 2.16. The van der Waals surface area contributed by atoms with Gasteiger partial charge in [-0.05, 0) is 19.1 Å². The maximum absolute atomic E-state index is 11.3. The summed E-state index contributed by atoms with van der Waals surface area (Å²) in [6, 6.07) is 3.15. The molecule has 1 amide bonds. The Bertz CT molecular complexity index is 434. The fourth-order valence-corrected chi connectivity index (χ4v) is 1.19. The lowest BCUT2D eigenvalue weighted by Gasteiger charge is -2.08. The van der Waals surface area contributed by atoms with Gasteiger partial charge in [0.15, 0.2) is 0 Å². The lowest BCUT2D eigenvalue weighted by molar-refractivity contribution is -0.383. The molecule has 1 aromatic carbocycles. The minimum absolute atomic E-state index is 0.0415. The van der Waals surface area contributed by atoms with Crippen LogP contribution in [0.4, 0.5) is 11.4 Å². The first-order valence-corrected chi connectivity index (χ1v) is 4.80. The summed E-state index contributed by atoms with van der Waals surface area (Å²) in [5, 5.41) is 13.3. The highest BCUT2D eigenvalue weighted by Gasteiger charge is 2.17. The molecule has 0 heterocycles.